The third-order valence-electron chi connectivity index (χ3n) is 16.7. The highest BCUT2D eigenvalue weighted by molar-refractivity contribution is 5.70. The van der Waals surface area contributed by atoms with Crippen LogP contribution in [0.4, 0.5) is 0 Å². The van der Waals surface area contributed by atoms with Gasteiger partial charge in [-0.25, -0.2) is 0 Å². The minimum absolute atomic E-state index is 0.0148. The smallest absolute Gasteiger partial charge is 0.306 e. The lowest BCUT2D eigenvalue weighted by atomic mass is 9.50. The van der Waals surface area contributed by atoms with Gasteiger partial charge < -0.3 is 19.1 Å². The average molecular weight is 916 g/mol. The van der Waals surface area contributed by atoms with Gasteiger partial charge in [0, 0.05) is 25.7 Å². The van der Waals surface area contributed by atoms with Gasteiger partial charge in [0.1, 0.15) is 18.8 Å². The van der Waals surface area contributed by atoms with Crippen molar-refractivity contribution >= 4 is 17.9 Å². The summed E-state index contributed by atoms with van der Waals surface area (Å²) < 4.78 is 17.5. The number of allylic oxidation sites excluding steroid dienone is 5. The van der Waals surface area contributed by atoms with E-state index in [4.69, 9.17) is 14.2 Å². The Hall–Kier alpha value is -2.89. The number of hydrogen-bond donors (Lipinski definition) is 0. The molecule has 0 aliphatic heterocycles. The van der Waals surface area contributed by atoms with Crippen LogP contribution in [-0.4, -0.2) is 62.3 Å². The molecule has 0 heterocycles. The van der Waals surface area contributed by atoms with Crippen LogP contribution in [0.15, 0.2) is 53.3 Å². The molecule has 0 radical (unpaired) electrons. The van der Waals surface area contributed by atoms with Gasteiger partial charge in [-0.2, -0.15) is 0 Å². The minimum atomic E-state index is -0.155. The highest BCUT2D eigenvalue weighted by Gasteiger charge is 2.57. The number of esters is 3. The Labute approximate surface area is 404 Å². The van der Waals surface area contributed by atoms with E-state index in [1.54, 1.807) is 11.6 Å². The van der Waals surface area contributed by atoms with Gasteiger partial charge in [0.15, 0.2) is 0 Å². The minimum Gasteiger partial charge on any atom is -0.462 e. The van der Waals surface area contributed by atoms with E-state index in [1.165, 1.54) is 56.9 Å². The Balaban J connectivity index is 1.14. The monoisotopic (exact) mass is 916 g/mol. The summed E-state index contributed by atoms with van der Waals surface area (Å²) in [5.74, 6) is 3.68. The van der Waals surface area contributed by atoms with Crippen molar-refractivity contribution in [2.24, 2.45) is 46.3 Å². The number of unbranched alkanes of at least 4 members (excludes halogenated alkanes) is 10. The molecular formula is C59H97NO6. The number of nitrogens with zero attached hydrogens (tertiary/aromatic N) is 1. The molecule has 0 saturated heterocycles. The Morgan fingerprint density at radius 3 is 2.12 bits per heavy atom. The van der Waals surface area contributed by atoms with Crippen molar-refractivity contribution in [2.75, 3.05) is 27.2 Å². The van der Waals surface area contributed by atoms with Crippen LogP contribution < -0.4 is 0 Å². The Kier molecular flexibility index (Phi) is 24.7. The van der Waals surface area contributed by atoms with Gasteiger partial charge in [-0.05, 0) is 175 Å². The molecule has 0 aromatic heterocycles. The molecular weight excluding hydrogens is 819 g/mol. The SMILES string of the molecule is CCCCCCC=C=CCOC(=O)CCCCCCC(CCCCCCC(=O)OC1CCC2(C)C(=CC=C3C2CCC2(C)C3CCC2C(C)/C=C/C(C)C(C)C)C1)OC(=O)CCCN(C)C. The van der Waals surface area contributed by atoms with Crippen molar-refractivity contribution < 1.29 is 28.6 Å². The van der Waals surface area contributed by atoms with Gasteiger partial charge >= 0.3 is 17.9 Å². The lowest BCUT2D eigenvalue weighted by Crippen LogP contribution is -2.46. The molecule has 66 heavy (non-hydrogen) atoms. The van der Waals surface area contributed by atoms with Crippen molar-refractivity contribution in [3.63, 3.8) is 0 Å². The highest BCUT2D eigenvalue weighted by Crippen LogP contribution is 2.66. The van der Waals surface area contributed by atoms with Crippen LogP contribution in [0.1, 0.15) is 215 Å². The van der Waals surface area contributed by atoms with E-state index in [2.05, 4.69) is 83.4 Å². The number of ether oxygens (including phenoxy) is 3. The topological polar surface area (TPSA) is 82.1 Å². The Bertz CT molecular complexity index is 1630. The first-order valence-corrected chi connectivity index (χ1v) is 27.4. The fraction of sp³-hybridized carbons (Fsp3) is 0.797. The molecule has 0 spiro atoms. The molecule has 3 saturated carbocycles. The second kappa shape index (κ2) is 29.2. The molecule has 0 aromatic rings. The molecule has 9 unspecified atom stereocenters. The fourth-order valence-corrected chi connectivity index (χ4v) is 12.1. The molecule has 0 N–H and O–H groups in total. The molecule has 0 aromatic carbocycles. The van der Waals surface area contributed by atoms with E-state index in [-0.39, 0.29) is 42.1 Å². The third-order valence-corrected chi connectivity index (χ3v) is 16.7. The second-order valence-electron chi connectivity index (χ2n) is 22.3. The van der Waals surface area contributed by atoms with Crippen LogP contribution >= 0.6 is 0 Å². The molecule has 4 aliphatic carbocycles. The summed E-state index contributed by atoms with van der Waals surface area (Å²) in [5, 5.41) is 0. The summed E-state index contributed by atoms with van der Waals surface area (Å²) >= 11 is 0. The molecule has 4 rings (SSSR count). The maximum Gasteiger partial charge on any atom is 0.306 e. The van der Waals surface area contributed by atoms with E-state index in [0.29, 0.717) is 54.3 Å². The van der Waals surface area contributed by atoms with Crippen molar-refractivity contribution in [1.29, 1.82) is 0 Å². The number of carbonyl (C=O) groups excluding carboxylic acids is 3. The first-order chi connectivity index (χ1) is 31.7. The zero-order valence-electron chi connectivity index (χ0n) is 43.8. The van der Waals surface area contributed by atoms with Gasteiger partial charge in [0.05, 0.1) is 0 Å². The van der Waals surface area contributed by atoms with Gasteiger partial charge in [0.25, 0.3) is 0 Å². The predicted molar refractivity (Wildman–Crippen MR) is 273 cm³/mol. The van der Waals surface area contributed by atoms with Gasteiger partial charge in [-0.3, -0.25) is 14.4 Å². The van der Waals surface area contributed by atoms with E-state index in [1.807, 2.05) is 20.2 Å². The lowest BCUT2D eigenvalue weighted by Gasteiger charge is -2.55. The maximum absolute atomic E-state index is 13.1. The summed E-state index contributed by atoms with van der Waals surface area (Å²) in [4.78, 5) is 40.1. The lowest BCUT2D eigenvalue weighted by molar-refractivity contribution is -0.151. The molecule has 3 fully saturated rings. The second-order valence-corrected chi connectivity index (χ2v) is 22.3. The first kappa shape index (κ1) is 55.7. The zero-order chi connectivity index (χ0) is 48.0. The Morgan fingerprint density at radius 2 is 1.42 bits per heavy atom. The maximum atomic E-state index is 13.1. The predicted octanol–water partition coefficient (Wildman–Crippen LogP) is 15.0. The highest BCUT2D eigenvalue weighted by atomic mass is 16.5. The normalized spacial score (nSPS) is 26.0. The summed E-state index contributed by atoms with van der Waals surface area (Å²) in [6.07, 6.45) is 39.2. The van der Waals surface area contributed by atoms with Crippen molar-refractivity contribution in [3.05, 3.63) is 53.3 Å². The van der Waals surface area contributed by atoms with Crippen LogP contribution in [0.3, 0.4) is 0 Å². The zero-order valence-corrected chi connectivity index (χ0v) is 43.8. The Morgan fingerprint density at radius 1 is 0.742 bits per heavy atom. The molecule has 7 heteroatoms. The summed E-state index contributed by atoms with van der Waals surface area (Å²) in [6, 6.07) is 0. The van der Waals surface area contributed by atoms with Crippen molar-refractivity contribution in [3.8, 4) is 0 Å². The number of carbonyl (C=O) groups is 3. The van der Waals surface area contributed by atoms with E-state index in [0.717, 1.165) is 109 Å². The molecule has 0 amide bonds. The van der Waals surface area contributed by atoms with Crippen LogP contribution in [0.5, 0.6) is 0 Å². The third kappa shape index (κ3) is 17.9. The molecule has 9 atom stereocenters. The number of hydrogen-bond acceptors (Lipinski definition) is 7. The number of fused-ring (bicyclic) bond motifs is 5. The molecule has 7 nitrogen and oxygen atoms in total. The van der Waals surface area contributed by atoms with Crippen molar-refractivity contribution in [1.82, 2.24) is 4.90 Å². The number of rotatable bonds is 31. The van der Waals surface area contributed by atoms with E-state index < -0.39 is 0 Å². The molecule has 374 valence electrons. The van der Waals surface area contributed by atoms with Gasteiger partial charge in [-0.15, -0.1) is 5.73 Å². The van der Waals surface area contributed by atoms with Gasteiger partial charge in [-0.1, -0.05) is 129 Å². The standard InChI is InChI=1S/C59H97NO6/c1-10-11-12-13-14-15-20-25-43-64-55(61)29-23-18-16-21-27-49(65-57(63)31-26-42-60(8)9)28-22-17-19-24-30-56(62)66-50-38-40-58(6)48(44-50)34-35-51-53-37-36-52(59(53,7)41-39-54(51)58)47(5)33-32-46(4)45(2)3/h15,25,32-35,45-47,49-50,52-54H,10-14,16-19,21-24,26-31,36-44H2,1-9H3/b33-32+. The van der Waals surface area contributed by atoms with Crippen LogP contribution in [0.25, 0.3) is 0 Å². The van der Waals surface area contributed by atoms with Crippen molar-refractivity contribution in [2.45, 2.75) is 228 Å². The quantitative estimate of drug-likeness (QED) is 0.0225. The summed E-state index contributed by atoms with van der Waals surface area (Å²) in [5.41, 5.74) is 6.92. The largest absolute Gasteiger partial charge is 0.462 e. The van der Waals surface area contributed by atoms with E-state index >= 15 is 0 Å². The fourth-order valence-electron chi connectivity index (χ4n) is 12.1. The summed E-state index contributed by atoms with van der Waals surface area (Å²) in [7, 11) is 4.04. The molecule has 4 aliphatic rings. The first-order valence-electron chi connectivity index (χ1n) is 27.4. The average Bonchev–Trinajstić information content (AvgIpc) is 3.64. The van der Waals surface area contributed by atoms with Gasteiger partial charge in [0.2, 0.25) is 0 Å². The van der Waals surface area contributed by atoms with E-state index in [9.17, 15) is 14.4 Å². The van der Waals surface area contributed by atoms with Crippen LogP contribution in [0, 0.1) is 46.3 Å². The van der Waals surface area contributed by atoms with Crippen LogP contribution in [-0.2, 0) is 28.6 Å². The van der Waals surface area contributed by atoms with Crippen LogP contribution in [0.2, 0.25) is 0 Å². The molecule has 0 bridgehead atoms. The summed E-state index contributed by atoms with van der Waals surface area (Å²) in [6.45, 7) is 18.0.